The van der Waals surface area contributed by atoms with E-state index in [1.807, 2.05) is 17.5 Å². The molecule has 0 spiro atoms. The fourth-order valence-electron chi connectivity index (χ4n) is 2.32. The standard InChI is InChI=1S/C13H15NO4S2/c1-8(15)20-7-12(16)14-6-9(5-10(14)13(17)18)11-3-2-4-19-11/h2-4,9-10H,5-7H2,1H3,(H,17,18)/t9-,10-/m0/s1. The number of carboxylic acids is 1. The first-order valence-electron chi connectivity index (χ1n) is 6.18. The van der Waals surface area contributed by atoms with Crippen molar-refractivity contribution < 1.29 is 19.5 Å². The lowest BCUT2D eigenvalue weighted by Gasteiger charge is -2.20. The molecule has 0 unspecified atom stereocenters. The Kier molecular flexibility index (Phi) is 4.82. The predicted octanol–water partition coefficient (Wildman–Crippen LogP) is 1.80. The molecular weight excluding hydrogens is 298 g/mol. The molecule has 1 aromatic heterocycles. The summed E-state index contributed by atoms with van der Waals surface area (Å²) < 4.78 is 0. The molecule has 20 heavy (non-hydrogen) atoms. The molecule has 0 bridgehead atoms. The van der Waals surface area contributed by atoms with E-state index in [4.69, 9.17) is 0 Å². The number of carboxylic acid groups (broad SMARTS) is 1. The summed E-state index contributed by atoms with van der Waals surface area (Å²) >= 11 is 2.49. The van der Waals surface area contributed by atoms with Gasteiger partial charge in [0.2, 0.25) is 5.91 Å². The Morgan fingerprint density at radius 3 is 2.80 bits per heavy atom. The maximum absolute atomic E-state index is 12.1. The molecule has 7 heteroatoms. The average Bonchev–Trinajstić information content (AvgIpc) is 3.03. The first-order valence-corrected chi connectivity index (χ1v) is 8.04. The molecule has 1 fully saturated rings. The van der Waals surface area contributed by atoms with Gasteiger partial charge in [-0.25, -0.2) is 4.79 Å². The van der Waals surface area contributed by atoms with Crippen molar-refractivity contribution in [1.82, 2.24) is 4.90 Å². The van der Waals surface area contributed by atoms with Gasteiger partial charge in [-0.15, -0.1) is 11.3 Å². The van der Waals surface area contributed by atoms with E-state index in [1.54, 1.807) is 11.3 Å². The zero-order chi connectivity index (χ0) is 14.7. The Hall–Kier alpha value is -1.34. The molecule has 1 amide bonds. The third-order valence-corrected chi connectivity index (χ3v) is 5.08. The number of likely N-dealkylation sites (tertiary alicyclic amines) is 1. The summed E-state index contributed by atoms with van der Waals surface area (Å²) in [6, 6.07) is 3.10. The summed E-state index contributed by atoms with van der Waals surface area (Å²) in [5.74, 6) is -1.18. The number of carbonyl (C=O) groups excluding carboxylic acids is 2. The second-order valence-electron chi connectivity index (χ2n) is 4.63. The normalized spacial score (nSPS) is 21.9. The molecule has 108 valence electrons. The average molecular weight is 313 g/mol. The first-order chi connectivity index (χ1) is 9.49. The third kappa shape index (κ3) is 3.40. The van der Waals surface area contributed by atoms with Crippen LogP contribution in [0.5, 0.6) is 0 Å². The Morgan fingerprint density at radius 2 is 2.25 bits per heavy atom. The minimum atomic E-state index is -0.981. The molecule has 2 atom stereocenters. The van der Waals surface area contributed by atoms with Crippen LogP contribution >= 0.6 is 23.1 Å². The number of thiophene rings is 1. The summed E-state index contributed by atoms with van der Waals surface area (Å²) in [4.78, 5) is 36.8. The third-order valence-electron chi connectivity index (χ3n) is 3.25. The highest BCUT2D eigenvalue weighted by Crippen LogP contribution is 2.34. The van der Waals surface area contributed by atoms with E-state index < -0.39 is 12.0 Å². The topological polar surface area (TPSA) is 74.7 Å². The van der Waals surface area contributed by atoms with Gasteiger partial charge in [0.05, 0.1) is 5.75 Å². The molecule has 2 heterocycles. The van der Waals surface area contributed by atoms with E-state index in [0.717, 1.165) is 16.6 Å². The monoisotopic (exact) mass is 313 g/mol. The van der Waals surface area contributed by atoms with E-state index in [0.29, 0.717) is 13.0 Å². The van der Waals surface area contributed by atoms with Crippen molar-refractivity contribution in [2.24, 2.45) is 0 Å². The number of aliphatic carboxylic acids is 1. The van der Waals surface area contributed by atoms with Gasteiger partial charge in [-0.2, -0.15) is 0 Å². The maximum atomic E-state index is 12.1. The molecule has 1 N–H and O–H groups in total. The first kappa shape index (κ1) is 15.1. The van der Waals surface area contributed by atoms with E-state index in [2.05, 4.69) is 0 Å². The minimum Gasteiger partial charge on any atom is -0.480 e. The van der Waals surface area contributed by atoms with E-state index in [-0.39, 0.29) is 22.7 Å². The van der Waals surface area contributed by atoms with Crippen molar-refractivity contribution in [2.45, 2.75) is 25.3 Å². The summed E-state index contributed by atoms with van der Waals surface area (Å²) in [7, 11) is 0. The second-order valence-corrected chi connectivity index (χ2v) is 6.76. The Morgan fingerprint density at radius 1 is 1.50 bits per heavy atom. The molecule has 1 aliphatic heterocycles. The van der Waals surface area contributed by atoms with Crippen LogP contribution in [-0.4, -0.2) is 45.3 Å². The van der Waals surface area contributed by atoms with Gasteiger partial charge in [-0.05, 0) is 17.9 Å². The van der Waals surface area contributed by atoms with Crippen molar-refractivity contribution in [2.75, 3.05) is 12.3 Å². The molecule has 0 radical (unpaired) electrons. The molecule has 0 aliphatic carbocycles. The summed E-state index contributed by atoms with van der Waals surface area (Å²) in [6.45, 7) is 1.81. The van der Waals surface area contributed by atoms with Gasteiger partial charge in [0.15, 0.2) is 5.12 Å². The number of amides is 1. The fourth-order valence-corrected chi connectivity index (χ4v) is 3.65. The SMILES string of the molecule is CC(=O)SCC(=O)N1C[C@@H](c2cccs2)C[C@H]1C(=O)O. The van der Waals surface area contributed by atoms with Gasteiger partial charge in [-0.3, -0.25) is 9.59 Å². The van der Waals surface area contributed by atoms with Gasteiger partial charge in [-0.1, -0.05) is 17.8 Å². The van der Waals surface area contributed by atoms with Gasteiger partial charge in [0.1, 0.15) is 6.04 Å². The van der Waals surface area contributed by atoms with Crippen molar-refractivity contribution >= 4 is 40.1 Å². The van der Waals surface area contributed by atoms with Crippen LogP contribution in [0, 0.1) is 0 Å². The maximum Gasteiger partial charge on any atom is 0.326 e. The number of nitrogens with zero attached hydrogens (tertiary/aromatic N) is 1. The van der Waals surface area contributed by atoms with Crippen molar-refractivity contribution in [3.8, 4) is 0 Å². The Bertz CT molecular complexity index is 514. The number of hydrogen-bond donors (Lipinski definition) is 1. The summed E-state index contributed by atoms with van der Waals surface area (Å²) in [6.07, 6.45) is 0.437. The van der Waals surface area contributed by atoms with Crippen molar-refractivity contribution in [1.29, 1.82) is 0 Å². The van der Waals surface area contributed by atoms with E-state index in [9.17, 15) is 19.5 Å². The van der Waals surface area contributed by atoms with Crippen molar-refractivity contribution in [3.05, 3.63) is 22.4 Å². The van der Waals surface area contributed by atoms with Crippen LogP contribution in [0.15, 0.2) is 17.5 Å². The molecule has 1 saturated heterocycles. The van der Waals surface area contributed by atoms with Gasteiger partial charge in [0.25, 0.3) is 0 Å². The summed E-state index contributed by atoms with van der Waals surface area (Å²) in [5.41, 5.74) is 0. The number of hydrogen-bond acceptors (Lipinski definition) is 5. The lowest BCUT2D eigenvalue weighted by atomic mass is 10.0. The van der Waals surface area contributed by atoms with Crippen LogP contribution in [0.25, 0.3) is 0 Å². The largest absolute Gasteiger partial charge is 0.480 e. The molecule has 0 saturated carbocycles. The highest BCUT2D eigenvalue weighted by molar-refractivity contribution is 8.14. The van der Waals surface area contributed by atoms with Crippen LogP contribution < -0.4 is 0 Å². The zero-order valence-electron chi connectivity index (χ0n) is 10.9. The molecule has 5 nitrogen and oxygen atoms in total. The van der Waals surface area contributed by atoms with Crippen LogP contribution in [0.2, 0.25) is 0 Å². The van der Waals surface area contributed by atoms with Crippen LogP contribution in [0.1, 0.15) is 24.1 Å². The molecule has 2 rings (SSSR count). The number of rotatable bonds is 4. The lowest BCUT2D eigenvalue weighted by molar-refractivity contribution is -0.147. The van der Waals surface area contributed by atoms with Crippen LogP contribution in [-0.2, 0) is 14.4 Å². The Balaban J connectivity index is 2.08. The molecule has 1 aromatic rings. The minimum absolute atomic E-state index is 0.0102. The molecule has 0 aromatic carbocycles. The molecule has 1 aliphatic rings. The lowest BCUT2D eigenvalue weighted by Crippen LogP contribution is -2.41. The summed E-state index contributed by atoms with van der Waals surface area (Å²) in [5, 5.41) is 11.1. The highest BCUT2D eigenvalue weighted by atomic mass is 32.2. The van der Waals surface area contributed by atoms with Crippen molar-refractivity contribution in [3.63, 3.8) is 0 Å². The predicted molar refractivity (Wildman–Crippen MR) is 78.0 cm³/mol. The van der Waals surface area contributed by atoms with E-state index in [1.165, 1.54) is 11.8 Å². The van der Waals surface area contributed by atoms with E-state index >= 15 is 0 Å². The Labute approximate surface area is 125 Å². The van der Waals surface area contributed by atoms with Gasteiger partial charge < -0.3 is 10.0 Å². The smallest absolute Gasteiger partial charge is 0.326 e. The van der Waals surface area contributed by atoms with Gasteiger partial charge >= 0.3 is 5.97 Å². The fraction of sp³-hybridized carbons (Fsp3) is 0.462. The van der Waals surface area contributed by atoms with Crippen LogP contribution in [0.3, 0.4) is 0 Å². The highest BCUT2D eigenvalue weighted by Gasteiger charge is 2.40. The quantitative estimate of drug-likeness (QED) is 0.917. The molecular formula is C13H15NO4S2. The van der Waals surface area contributed by atoms with Gasteiger partial charge in [0, 0.05) is 24.3 Å². The number of carbonyl (C=O) groups is 3. The second kappa shape index (κ2) is 6.41. The van der Waals surface area contributed by atoms with Crippen LogP contribution in [0.4, 0.5) is 0 Å². The zero-order valence-corrected chi connectivity index (χ0v) is 12.6. The number of thioether (sulfide) groups is 1.